The first-order valence-electron chi connectivity index (χ1n) is 4.92. The second kappa shape index (κ2) is 6.14. The summed E-state index contributed by atoms with van der Waals surface area (Å²) >= 11 is 5.90. The number of halogens is 1. The van der Waals surface area contributed by atoms with Crippen LogP contribution < -0.4 is 0 Å². The van der Waals surface area contributed by atoms with Gasteiger partial charge in [-0.1, -0.05) is 36.7 Å². The number of hydrogen-bond donors (Lipinski definition) is 0. The Hall–Kier alpha value is -1.53. The van der Waals surface area contributed by atoms with E-state index in [-0.39, 0.29) is 19.0 Å². The van der Waals surface area contributed by atoms with Crippen molar-refractivity contribution >= 4 is 17.6 Å². The van der Waals surface area contributed by atoms with E-state index in [9.17, 15) is 4.79 Å². The molecule has 0 fully saturated rings. The van der Waals surface area contributed by atoms with Gasteiger partial charge in [0.05, 0.1) is 12.0 Å². The summed E-state index contributed by atoms with van der Waals surface area (Å²) < 4.78 is 5.05. The van der Waals surface area contributed by atoms with Crippen LogP contribution in [0.5, 0.6) is 0 Å². The Morgan fingerprint density at radius 1 is 1.56 bits per heavy atom. The summed E-state index contributed by atoms with van der Waals surface area (Å²) in [6.45, 7) is 1.81. The molecule has 0 aliphatic heterocycles. The van der Waals surface area contributed by atoms with E-state index in [1.807, 2.05) is 18.2 Å². The van der Waals surface area contributed by atoms with Crippen molar-refractivity contribution in [2.75, 3.05) is 0 Å². The Bertz CT molecular complexity index is 412. The Morgan fingerprint density at radius 3 is 2.88 bits per heavy atom. The molecular weight excluding hydrogens is 226 g/mol. The molecule has 0 amide bonds. The molecule has 0 heterocycles. The molecule has 0 spiro atoms. The molecule has 1 unspecified atom stereocenters. The molecule has 4 heteroatoms. The first kappa shape index (κ1) is 12.5. The lowest BCUT2D eigenvalue weighted by molar-refractivity contribution is -0.149. The molecular formula is C12H12ClNO2. The van der Waals surface area contributed by atoms with E-state index >= 15 is 0 Å². The highest BCUT2D eigenvalue weighted by atomic mass is 35.5. The van der Waals surface area contributed by atoms with Crippen molar-refractivity contribution in [1.82, 2.24) is 0 Å². The molecule has 0 saturated heterocycles. The van der Waals surface area contributed by atoms with E-state index in [2.05, 4.69) is 0 Å². The fraction of sp³-hybridized carbons (Fsp3) is 0.333. The van der Waals surface area contributed by atoms with Crippen molar-refractivity contribution in [3.63, 3.8) is 0 Å². The number of nitriles is 1. The van der Waals surface area contributed by atoms with Crippen LogP contribution >= 0.6 is 11.6 Å². The van der Waals surface area contributed by atoms with Crippen molar-refractivity contribution in [1.29, 1.82) is 5.26 Å². The lowest BCUT2D eigenvalue weighted by Gasteiger charge is -2.09. The quantitative estimate of drug-likeness (QED) is 0.757. The van der Waals surface area contributed by atoms with Gasteiger partial charge in [-0.3, -0.25) is 4.79 Å². The van der Waals surface area contributed by atoms with E-state index in [4.69, 9.17) is 21.6 Å². The van der Waals surface area contributed by atoms with Crippen molar-refractivity contribution in [3.8, 4) is 6.07 Å². The van der Waals surface area contributed by atoms with Crippen LogP contribution in [0.25, 0.3) is 0 Å². The van der Waals surface area contributed by atoms with Gasteiger partial charge >= 0.3 is 5.97 Å². The lowest BCUT2D eigenvalue weighted by atomic mass is 10.1. The van der Waals surface area contributed by atoms with Gasteiger partial charge in [0, 0.05) is 17.0 Å². The maximum atomic E-state index is 11.4. The number of carbonyl (C=O) groups excluding carboxylic acids is 1. The molecule has 0 aliphatic carbocycles. The third kappa shape index (κ3) is 3.56. The summed E-state index contributed by atoms with van der Waals surface area (Å²) in [7, 11) is 0. The fourth-order valence-electron chi connectivity index (χ4n) is 1.13. The largest absolute Gasteiger partial charge is 0.461 e. The van der Waals surface area contributed by atoms with Gasteiger partial charge < -0.3 is 4.74 Å². The second-order valence-electron chi connectivity index (χ2n) is 3.46. The normalized spacial score (nSPS) is 11.6. The van der Waals surface area contributed by atoms with Crippen molar-refractivity contribution in [2.24, 2.45) is 5.92 Å². The molecule has 84 valence electrons. The smallest absolute Gasteiger partial charge is 0.310 e. The molecule has 3 nitrogen and oxygen atoms in total. The van der Waals surface area contributed by atoms with Gasteiger partial charge in [0.25, 0.3) is 0 Å². The topological polar surface area (TPSA) is 50.1 Å². The number of nitrogens with zero attached hydrogens (tertiary/aromatic N) is 1. The molecule has 0 radical (unpaired) electrons. The van der Waals surface area contributed by atoms with Crippen LogP contribution in [0, 0.1) is 17.2 Å². The Morgan fingerprint density at radius 2 is 2.25 bits per heavy atom. The Labute approximate surface area is 99.6 Å². The minimum Gasteiger partial charge on any atom is -0.461 e. The molecule has 1 rings (SSSR count). The molecule has 0 bridgehead atoms. The summed E-state index contributed by atoms with van der Waals surface area (Å²) in [6, 6.07) is 9.11. The Balaban J connectivity index is 2.50. The standard InChI is InChI=1S/C12H12ClNO2/c1-9(6-7-14)12(15)16-8-10-4-2-3-5-11(10)13/h2-5,9H,6,8H2,1H3. The predicted molar refractivity (Wildman–Crippen MR) is 60.6 cm³/mol. The van der Waals surface area contributed by atoms with Gasteiger partial charge in [-0.2, -0.15) is 5.26 Å². The van der Waals surface area contributed by atoms with E-state index in [1.54, 1.807) is 19.1 Å². The van der Waals surface area contributed by atoms with E-state index in [0.29, 0.717) is 5.02 Å². The highest BCUT2D eigenvalue weighted by Gasteiger charge is 2.14. The first-order valence-corrected chi connectivity index (χ1v) is 5.30. The van der Waals surface area contributed by atoms with Crippen LogP contribution in [0.3, 0.4) is 0 Å². The molecule has 0 aliphatic rings. The summed E-state index contributed by atoms with van der Waals surface area (Å²) in [5.74, 6) is -0.769. The summed E-state index contributed by atoms with van der Waals surface area (Å²) in [4.78, 5) is 11.4. The molecule has 0 N–H and O–H groups in total. The van der Waals surface area contributed by atoms with E-state index in [1.165, 1.54) is 0 Å². The number of rotatable bonds is 4. The number of carbonyl (C=O) groups is 1. The fourth-order valence-corrected chi connectivity index (χ4v) is 1.32. The third-order valence-electron chi connectivity index (χ3n) is 2.13. The van der Waals surface area contributed by atoms with Gasteiger partial charge in [-0.25, -0.2) is 0 Å². The van der Waals surface area contributed by atoms with Gasteiger partial charge in [0.2, 0.25) is 0 Å². The van der Waals surface area contributed by atoms with Gasteiger partial charge in [0.15, 0.2) is 0 Å². The van der Waals surface area contributed by atoms with E-state index in [0.717, 1.165) is 5.56 Å². The van der Waals surface area contributed by atoms with Gasteiger partial charge in [-0.15, -0.1) is 0 Å². The number of benzene rings is 1. The van der Waals surface area contributed by atoms with Gasteiger partial charge in [0.1, 0.15) is 6.61 Å². The summed E-state index contributed by atoms with van der Waals surface area (Å²) in [5.41, 5.74) is 0.765. The number of hydrogen-bond acceptors (Lipinski definition) is 3. The minimum absolute atomic E-state index is 0.147. The highest BCUT2D eigenvalue weighted by Crippen LogP contribution is 2.16. The summed E-state index contributed by atoms with van der Waals surface area (Å²) in [5, 5.41) is 9.01. The maximum absolute atomic E-state index is 11.4. The summed E-state index contributed by atoms with van der Waals surface area (Å²) in [6.07, 6.45) is 0.168. The average Bonchev–Trinajstić information content (AvgIpc) is 2.28. The Kier molecular flexibility index (Phi) is 4.81. The monoisotopic (exact) mass is 237 g/mol. The maximum Gasteiger partial charge on any atom is 0.310 e. The van der Waals surface area contributed by atoms with Crippen molar-refractivity contribution < 1.29 is 9.53 Å². The van der Waals surface area contributed by atoms with Crippen molar-refractivity contribution in [3.05, 3.63) is 34.9 Å². The van der Waals surface area contributed by atoms with Crippen LogP contribution in [0.4, 0.5) is 0 Å². The molecule has 16 heavy (non-hydrogen) atoms. The molecule has 1 atom stereocenters. The molecule has 1 aromatic carbocycles. The number of esters is 1. The van der Waals surface area contributed by atoms with Gasteiger partial charge in [-0.05, 0) is 6.07 Å². The lowest BCUT2D eigenvalue weighted by Crippen LogP contribution is -2.14. The molecule has 0 saturated carbocycles. The average molecular weight is 238 g/mol. The van der Waals surface area contributed by atoms with Crippen LogP contribution in [0.1, 0.15) is 18.9 Å². The highest BCUT2D eigenvalue weighted by molar-refractivity contribution is 6.31. The SMILES string of the molecule is CC(CC#N)C(=O)OCc1ccccc1Cl. The third-order valence-corrected chi connectivity index (χ3v) is 2.50. The van der Waals surface area contributed by atoms with Crippen LogP contribution in [0.15, 0.2) is 24.3 Å². The number of ether oxygens (including phenoxy) is 1. The van der Waals surface area contributed by atoms with Crippen molar-refractivity contribution in [2.45, 2.75) is 20.0 Å². The molecule has 0 aromatic heterocycles. The van der Waals surface area contributed by atoms with Crippen LogP contribution in [-0.2, 0) is 16.1 Å². The predicted octanol–water partition coefficient (Wildman–Crippen LogP) is 2.93. The minimum atomic E-state index is -0.396. The molecule has 1 aromatic rings. The van der Waals surface area contributed by atoms with E-state index < -0.39 is 5.92 Å². The second-order valence-corrected chi connectivity index (χ2v) is 3.87. The zero-order chi connectivity index (χ0) is 12.0. The zero-order valence-corrected chi connectivity index (χ0v) is 9.70. The van der Waals surface area contributed by atoms with Crippen LogP contribution in [-0.4, -0.2) is 5.97 Å². The first-order chi connectivity index (χ1) is 7.65. The van der Waals surface area contributed by atoms with Crippen LogP contribution in [0.2, 0.25) is 5.02 Å². The zero-order valence-electron chi connectivity index (χ0n) is 8.94.